The Balaban J connectivity index is 1.56. The topological polar surface area (TPSA) is 69.3 Å². The highest BCUT2D eigenvalue weighted by Gasteiger charge is 2.28. The summed E-state index contributed by atoms with van der Waals surface area (Å²) in [5.74, 6) is 0.472. The molecule has 6 nitrogen and oxygen atoms in total. The monoisotopic (exact) mass is 340 g/mol. The zero-order valence-electron chi connectivity index (χ0n) is 14.7. The number of H-pyrrole nitrogens is 1. The van der Waals surface area contributed by atoms with E-state index in [1.807, 2.05) is 17.2 Å². The minimum atomic E-state index is -0.176. The fourth-order valence-corrected chi connectivity index (χ4v) is 3.45. The number of aryl methyl sites for hydroxylation is 1. The number of carbonyl (C=O) groups excluding carboxylic acids is 1. The summed E-state index contributed by atoms with van der Waals surface area (Å²) >= 11 is 0. The number of aromatic amines is 1. The molecule has 0 bridgehead atoms. The quantitative estimate of drug-likeness (QED) is 0.899. The van der Waals surface area contributed by atoms with Crippen LogP contribution in [-0.2, 0) is 6.54 Å². The van der Waals surface area contributed by atoms with Gasteiger partial charge < -0.3 is 14.8 Å². The second kappa shape index (κ2) is 7.61. The SMILES string of the molecule is Cc1[nH]c(=O)ccc1C(=O)N1CC[C@H](CN(C)Cc2cccnc2)C1. The first kappa shape index (κ1) is 17.4. The average molecular weight is 340 g/mol. The van der Waals surface area contributed by atoms with E-state index in [2.05, 4.69) is 28.0 Å². The second-order valence-corrected chi connectivity index (χ2v) is 6.83. The molecule has 25 heavy (non-hydrogen) atoms. The zero-order valence-corrected chi connectivity index (χ0v) is 14.7. The molecule has 6 heteroatoms. The summed E-state index contributed by atoms with van der Waals surface area (Å²) in [5.41, 5.74) is 2.24. The molecule has 0 saturated carbocycles. The number of nitrogens with one attached hydrogen (secondary N) is 1. The number of hydrogen-bond acceptors (Lipinski definition) is 4. The minimum absolute atomic E-state index is 0.00571. The molecule has 2 aromatic heterocycles. The Labute approximate surface area is 147 Å². The largest absolute Gasteiger partial charge is 0.338 e. The highest BCUT2D eigenvalue weighted by atomic mass is 16.2. The van der Waals surface area contributed by atoms with E-state index in [4.69, 9.17) is 0 Å². The lowest BCUT2D eigenvalue weighted by Crippen LogP contribution is -2.32. The molecule has 1 atom stereocenters. The standard InChI is InChI=1S/C19H24N4O2/c1-14-17(5-6-18(24)21-14)19(25)23-9-7-16(13-23)12-22(2)11-15-4-3-8-20-10-15/h3-6,8,10,16H,7,9,11-13H2,1-2H3,(H,21,24)/t16-/m1/s1. The third-order valence-electron chi connectivity index (χ3n) is 4.66. The number of nitrogens with zero attached hydrogens (tertiary/aromatic N) is 3. The van der Waals surface area contributed by atoms with E-state index in [0.717, 1.165) is 32.6 Å². The molecule has 3 heterocycles. The first-order valence-corrected chi connectivity index (χ1v) is 8.59. The summed E-state index contributed by atoms with van der Waals surface area (Å²) in [7, 11) is 2.10. The van der Waals surface area contributed by atoms with Gasteiger partial charge in [0.25, 0.3) is 5.91 Å². The Morgan fingerprint density at radius 2 is 2.24 bits per heavy atom. The summed E-state index contributed by atoms with van der Waals surface area (Å²) in [6.45, 7) is 5.10. The van der Waals surface area contributed by atoms with Crippen molar-refractivity contribution < 1.29 is 4.79 Å². The lowest BCUT2D eigenvalue weighted by atomic mass is 10.1. The van der Waals surface area contributed by atoms with Crippen LogP contribution in [-0.4, -0.2) is 52.4 Å². The van der Waals surface area contributed by atoms with Gasteiger partial charge in [-0.1, -0.05) is 6.07 Å². The molecular weight excluding hydrogens is 316 g/mol. The third-order valence-corrected chi connectivity index (χ3v) is 4.66. The number of hydrogen-bond donors (Lipinski definition) is 1. The maximum Gasteiger partial charge on any atom is 0.255 e. The molecule has 0 spiro atoms. The molecule has 1 aliphatic heterocycles. The highest BCUT2D eigenvalue weighted by molar-refractivity contribution is 5.95. The molecule has 1 aliphatic rings. The van der Waals surface area contributed by atoms with Crippen molar-refractivity contribution in [3.05, 3.63) is 63.8 Å². The van der Waals surface area contributed by atoms with E-state index >= 15 is 0 Å². The van der Waals surface area contributed by atoms with Gasteiger partial charge >= 0.3 is 0 Å². The predicted molar refractivity (Wildman–Crippen MR) is 96.4 cm³/mol. The lowest BCUT2D eigenvalue weighted by molar-refractivity contribution is 0.0783. The first-order chi connectivity index (χ1) is 12.0. The fourth-order valence-electron chi connectivity index (χ4n) is 3.45. The summed E-state index contributed by atoms with van der Waals surface area (Å²) in [6, 6.07) is 7.06. The summed E-state index contributed by atoms with van der Waals surface area (Å²) in [4.78, 5) is 35.0. The number of likely N-dealkylation sites (tertiary alicyclic amines) is 1. The molecule has 1 saturated heterocycles. The Hall–Kier alpha value is -2.47. The Morgan fingerprint density at radius 1 is 1.40 bits per heavy atom. The highest BCUT2D eigenvalue weighted by Crippen LogP contribution is 2.20. The van der Waals surface area contributed by atoms with Crippen LogP contribution in [0.15, 0.2) is 41.5 Å². The van der Waals surface area contributed by atoms with Gasteiger partial charge in [-0.25, -0.2) is 0 Å². The smallest absolute Gasteiger partial charge is 0.255 e. The van der Waals surface area contributed by atoms with Crippen LogP contribution in [0.4, 0.5) is 0 Å². The van der Waals surface area contributed by atoms with Gasteiger partial charge in [0.15, 0.2) is 0 Å². The minimum Gasteiger partial charge on any atom is -0.338 e. The number of amides is 1. The van der Waals surface area contributed by atoms with Crippen molar-refractivity contribution in [2.24, 2.45) is 5.92 Å². The normalized spacial score (nSPS) is 17.2. The Bertz CT molecular complexity index is 788. The van der Waals surface area contributed by atoms with Crippen LogP contribution in [0, 0.1) is 12.8 Å². The Kier molecular flexibility index (Phi) is 5.28. The van der Waals surface area contributed by atoms with Gasteiger partial charge in [0.2, 0.25) is 5.56 Å². The van der Waals surface area contributed by atoms with Crippen molar-refractivity contribution in [2.45, 2.75) is 19.9 Å². The second-order valence-electron chi connectivity index (χ2n) is 6.83. The van der Waals surface area contributed by atoms with Gasteiger partial charge in [-0.05, 0) is 44.0 Å². The van der Waals surface area contributed by atoms with Gasteiger partial charge in [0.05, 0.1) is 5.56 Å². The van der Waals surface area contributed by atoms with Crippen LogP contribution in [0.1, 0.15) is 28.0 Å². The van der Waals surface area contributed by atoms with Crippen LogP contribution in [0.5, 0.6) is 0 Å². The van der Waals surface area contributed by atoms with E-state index in [1.54, 1.807) is 19.2 Å². The Morgan fingerprint density at radius 3 is 2.96 bits per heavy atom. The summed E-state index contributed by atoms with van der Waals surface area (Å²) < 4.78 is 0. The fraction of sp³-hybridized carbons (Fsp3) is 0.421. The predicted octanol–water partition coefficient (Wildman–Crippen LogP) is 1.67. The van der Waals surface area contributed by atoms with E-state index in [-0.39, 0.29) is 11.5 Å². The first-order valence-electron chi connectivity index (χ1n) is 8.59. The molecule has 1 amide bonds. The van der Waals surface area contributed by atoms with Crippen LogP contribution >= 0.6 is 0 Å². The third kappa shape index (κ3) is 4.33. The van der Waals surface area contributed by atoms with Gasteiger partial charge in [-0.15, -0.1) is 0 Å². The summed E-state index contributed by atoms with van der Waals surface area (Å²) in [5, 5.41) is 0. The van der Waals surface area contributed by atoms with E-state index in [1.165, 1.54) is 11.6 Å². The molecule has 0 aliphatic carbocycles. The number of carbonyl (C=O) groups is 1. The number of pyridine rings is 2. The van der Waals surface area contributed by atoms with Gasteiger partial charge in [0, 0.05) is 50.3 Å². The van der Waals surface area contributed by atoms with E-state index < -0.39 is 0 Å². The zero-order chi connectivity index (χ0) is 17.8. The van der Waals surface area contributed by atoms with Crippen LogP contribution < -0.4 is 5.56 Å². The molecule has 0 unspecified atom stereocenters. The number of aromatic nitrogens is 2. The van der Waals surface area contributed by atoms with Crippen molar-refractivity contribution in [2.75, 3.05) is 26.7 Å². The van der Waals surface area contributed by atoms with Crippen LogP contribution in [0.25, 0.3) is 0 Å². The number of rotatable bonds is 5. The molecule has 1 N–H and O–H groups in total. The molecule has 0 radical (unpaired) electrons. The summed E-state index contributed by atoms with van der Waals surface area (Å²) in [6.07, 6.45) is 4.67. The van der Waals surface area contributed by atoms with Crippen molar-refractivity contribution >= 4 is 5.91 Å². The lowest BCUT2D eigenvalue weighted by Gasteiger charge is -2.22. The molecule has 0 aromatic carbocycles. The molecule has 1 fully saturated rings. The van der Waals surface area contributed by atoms with Gasteiger partial charge in [0.1, 0.15) is 0 Å². The van der Waals surface area contributed by atoms with Crippen LogP contribution in [0.3, 0.4) is 0 Å². The maximum absolute atomic E-state index is 12.7. The molecule has 3 rings (SSSR count). The molecule has 132 valence electrons. The van der Waals surface area contributed by atoms with Crippen molar-refractivity contribution in [1.82, 2.24) is 19.8 Å². The van der Waals surface area contributed by atoms with Gasteiger partial charge in [-0.3, -0.25) is 14.6 Å². The van der Waals surface area contributed by atoms with Gasteiger partial charge in [-0.2, -0.15) is 0 Å². The molecule has 2 aromatic rings. The molecular formula is C19H24N4O2. The van der Waals surface area contributed by atoms with Crippen LogP contribution in [0.2, 0.25) is 0 Å². The average Bonchev–Trinajstić information content (AvgIpc) is 3.03. The van der Waals surface area contributed by atoms with Crippen molar-refractivity contribution in [3.8, 4) is 0 Å². The van der Waals surface area contributed by atoms with E-state index in [0.29, 0.717) is 17.2 Å². The van der Waals surface area contributed by atoms with E-state index in [9.17, 15) is 9.59 Å². The maximum atomic E-state index is 12.7. The van der Waals surface area contributed by atoms with Crippen molar-refractivity contribution in [3.63, 3.8) is 0 Å². The van der Waals surface area contributed by atoms with Crippen molar-refractivity contribution in [1.29, 1.82) is 0 Å².